The van der Waals surface area contributed by atoms with Gasteiger partial charge in [0.1, 0.15) is 0 Å². The molecule has 10 rings (SSSR count). The normalized spacial score (nSPS) is 8.59. The third kappa shape index (κ3) is 19.0. The Morgan fingerprint density at radius 2 is 0.500 bits per heavy atom. The quantitative estimate of drug-likeness (QED) is 0.111. The van der Waals surface area contributed by atoms with E-state index >= 15 is 0 Å². The van der Waals surface area contributed by atoms with Crippen LogP contribution in [0.2, 0.25) is 0 Å². The van der Waals surface area contributed by atoms with E-state index in [2.05, 4.69) is 182 Å². The second kappa shape index (κ2) is 32.2. The van der Waals surface area contributed by atoms with Gasteiger partial charge in [-0.25, -0.2) is 0 Å². The zero-order valence-corrected chi connectivity index (χ0v) is 39.4. The van der Waals surface area contributed by atoms with Crippen LogP contribution in [-0.4, -0.2) is 0 Å². The number of rotatable bonds is 0. The Morgan fingerprint density at radius 3 is 0.667 bits per heavy atom. The summed E-state index contributed by atoms with van der Waals surface area (Å²) in [7, 11) is 0. The molecule has 0 N–H and O–H groups in total. The Morgan fingerprint density at radius 1 is 0.278 bits per heavy atom. The molecule has 0 saturated carbocycles. The Labute approximate surface area is 379 Å². The van der Waals surface area contributed by atoms with E-state index in [0.717, 1.165) is 0 Å². The van der Waals surface area contributed by atoms with Gasteiger partial charge < -0.3 is 24.8 Å². The van der Waals surface area contributed by atoms with Crippen molar-refractivity contribution >= 4 is 62.9 Å². The van der Waals surface area contributed by atoms with Gasteiger partial charge in [-0.05, 0) is 0 Å². The van der Waals surface area contributed by atoms with E-state index in [1.54, 1.807) is 0 Å². The molecule has 2 radical (unpaired) electrons. The van der Waals surface area contributed by atoms with Crippen molar-refractivity contribution in [3.8, 4) is 0 Å². The van der Waals surface area contributed by atoms with Gasteiger partial charge in [0.15, 0.2) is 0 Å². The molecule has 0 heterocycles. The molecule has 0 amide bonds. The summed E-state index contributed by atoms with van der Waals surface area (Å²) in [5.41, 5.74) is 0. The number of hydrogen-bond donors (Lipinski definition) is 0. The van der Waals surface area contributed by atoms with E-state index in [0.29, 0.717) is 0 Å². The predicted octanol–water partition coefficient (Wildman–Crippen LogP) is 7.33. The Balaban J connectivity index is 0. The van der Waals surface area contributed by atoms with Gasteiger partial charge in [0.25, 0.3) is 0 Å². The zero-order chi connectivity index (χ0) is 32.9. The number of fused-ring (bicyclic) bond motifs is 4. The second-order valence-electron chi connectivity index (χ2n) is 10.8. The summed E-state index contributed by atoms with van der Waals surface area (Å²) < 4.78 is 0. The molecule has 10 aromatic carbocycles. The van der Waals surface area contributed by atoms with Crippen molar-refractivity contribution in [2.45, 2.75) is 0 Å². The van der Waals surface area contributed by atoms with Crippen LogP contribution >= 0.6 is 19.8 Å². The Kier molecular flexibility index (Phi) is 31.7. The summed E-state index contributed by atoms with van der Waals surface area (Å²) in [6.07, 6.45) is 0. The van der Waals surface area contributed by atoms with Crippen LogP contribution in [0.25, 0.3) is 43.1 Å². The average Bonchev–Trinajstić information content (AvgIpc) is 4.01. The van der Waals surface area contributed by atoms with E-state index in [9.17, 15) is 0 Å². The second-order valence-corrected chi connectivity index (χ2v) is 10.8. The third-order valence-electron chi connectivity index (χ3n) is 7.40. The van der Waals surface area contributed by atoms with Gasteiger partial charge in [0, 0.05) is 0 Å². The summed E-state index contributed by atoms with van der Waals surface area (Å²) in [6, 6.07) is 83.7. The summed E-state index contributed by atoms with van der Waals surface area (Å²) in [5, 5.41) is 10.6. The molecule has 0 aromatic heterocycles. The standard InChI is InChI=1S/4C9H7.2C6H5.2ClH.2H3P.2Zr/c4*1-2-5-9-7-3-6-8(9)4-1;2*1-2-4-6-5-3-1;;;;;;/h4*1-7H;2*1-5H;2*1H;2*1H3;;/q6*-1;;;;;2*+3/p-2. The summed E-state index contributed by atoms with van der Waals surface area (Å²) in [4.78, 5) is 0. The predicted molar refractivity (Wildman–Crippen MR) is 231 cm³/mol. The molecule has 0 saturated heterocycles. The largest absolute Gasteiger partial charge is 3.00 e. The van der Waals surface area contributed by atoms with Gasteiger partial charge >= 0.3 is 52.4 Å². The van der Waals surface area contributed by atoms with Crippen LogP contribution in [-0.2, 0) is 52.4 Å². The van der Waals surface area contributed by atoms with Crippen LogP contribution in [0.4, 0.5) is 0 Å². The fourth-order valence-corrected chi connectivity index (χ4v) is 4.96. The fraction of sp³-hybridized carbons (Fsp3) is 0. The first-order valence-corrected chi connectivity index (χ1v) is 16.1. The first kappa shape index (κ1) is 53.1. The van der Waals surface area contributed by atoms with E-state index in [1.165, 1.54) is 43.1 Å². The maximum absolute atomic E-state index is 2.89. The Hall–Kier alpha value is -3.03. The van der Waals surface area contributed by atoms with Crippen LogP contribution < -0.4 is 24.8 Å². The van der Waals surface area contributed by atoms with Gasteiger partial charge in [0.2, 0.25) is 0 Å². The number of halogens is 2. The smallest absolute Gasteiger partial charge is 1.00 e. The summed E-state index contributed by atoms with van der Waals surface area (Å²) in [5.74, 6) is 0. The molecule has 0 nitrogen and oxygen atoms in total. The van der Waals surface area contributed by atoms with Gasteiger partial charge in [-0.2, -0.15) is 163 Å². The van der Waals surface area contributed by atoms with Crippen LogP contribution in [0.3, 0.4) is 0 Å². The third-order valence-corrected chi connectivity index (χ3v) is 7.40. The van der Waals surface area contributed by atoms with E-state index in [1.807, 2.05) is 60.7 Å². The van der Waals surface area contributed by atoms with Gasteiger partial charge in [-0.15, -0.1) is 119 Å². The van der Waals surface area contributed by atoms with Gasteiger partial charge in [0.05, 0.1) is 0 Å². The molecular weight excluding hydrogens is 892 g/mol. The first-order chi connectivity index (χ1) is 23.9. The van der Waals surface area contributed by atoms with Gasteiger partial charge in [-0.3, -0.25) is 0 Å². The average molecular weight is 936 g/mol. The minimum Gasteiger partial charge on any atom is -1.00 e. The maximum atomic E-state index is 2.89. The van der Waals surface area contributed by atoms with Crippen LogP contribution in [0, 0.1) is 12.1 Å². The number of hydrogen-bond acceptors (Lipinski definition) is 0. The molecule has 0 bridgehead atoms. The molecule has 10 aromatic rings. The molecule has 6 heteroatoms. The monoisotopic (exact) mass is 932 g/mol. The van der Waals surface area contributed by atoms with Crippen molar-refractivity contribution in [1.29, 1.82) is 0 Å². The van der Waals surface area contributed by atoms with Crippen molar-refractivity contribution in [3.63, 3.8) is 0 Å². The molecule has 2 unspecified atom stereocenters. The van der Waals surface area contributed by atoms with Crippen molar-refractivity contribution in [2.24, 2.45) is 0 Å². The van der Waals surface area contributed by atoms with Crippen LogP contribution in [0.15, 0.2) is 231 Å². The topological polar surface area (TPSA) is 0 Å². The summed E-state index contributed by atoms with van der Waals surface area (Å²) in [6.45, 7) is 0. The minimum absolute atomic E-state index is 0. The molecule has 0 spiro atoms. The molecule has 0 fully saturated rings. The minimum atomic E-state index is 0. The van der Waals surface area contributed by atoms with Crippen molar-refractivity contribution in [1.82, 2.24) is 0 Å². The SMILES string of the molecule is P.P.[Cl-].[Cl-].[Zr+3].[Zr+3].[c-]1ccccc1.[c-]1ccccc1.c1ccc2[cH-]ccc2c1.c1ccc2[cH-]ccc2c1.c1ccc2[cH-]ccc2c1.c1ccc2[cH-]ccc2c1. The van der Waals surface area contributed by atoms with Crippen LogP contribution in [0.1, 0.15) is 0 Å². The van der Waals surface area contributed by atoms with E-state index in [-0.39, 0.29) is 97.0 Å². The molecule has 0 aliphatic heterocycles. The van der Waals surface area contributed by atoms with E-state index in [4.69, 9.17) is 0 Å². The van der Waals surface area contributed by atoms with E-state index < -0.39 is 0 Å². The molecule has 54 heavy (non-hydrogen) atoms. The molecule has 2 atom stereocenters. The van der Waals surface area contributed by atoms with Crippen molar-refractivity contribution in [2.75, 3.05) is 0 Å². The van der Waals surface area contributed by atoms with Crippen LogP contribution in [0.5, 0.6) is 0 Å². The fourth-order valence-electron chi connectivity index (χ4n) is 4.96. The van der Waals surface area contributed by atoms with Crippen molar-refractivity contribution in [3.05, 3.63) is 243 Å². The molecule has 270 valence electrons. The molecule has 0 aliphatic carbocycles. The zero-order valence-electron chi connectivity index (χ0n) is 30.1. The number of benzene rings is 6. The van der Waals surface area contributed by atoms with Crippen molar-refractivity contribution < 1.29 is 77.2 Å². The maximum Gasteiger partial charge on any atom is 3.00 e. The molecular formula is C48H44Cl2P2Zr2-2. The first-order valence-electron chi connectivity index (χ1n) is 16.1. The van der Waals surface area contributed by atoms with Gasteiger partial charge in [-0.1, -0.05) is 24.3 Å². The summed E-state index contributed by atoms with van der Waals surface area (Å²) >= 11 is 0. The molecule has 0 aliphatic rings. The Bertz CT molecular complexity index is 1800.